The fraction of sp³-hybridized carbons (Fsp3) is 0.417. The molecule has 0 unspecified atom stereocenters. The van der Waals surface area contributed by atoms with Crippen LogP contribution in [0.2, 0.25) is 0 Å². The number of anilines is 2. The SMILES string of the molecule is Cc1ccc(S(=O)(=O)Nc2ccc(N3CCN(CC(=O)NCC(C)C)CC3)cc2C(=O)O)cc1. The fourth-order valence-electron chi connectivity index (χ4n) is 3.66. The predicted molar refractivity (Wildman–Crippen MR) is 132 cm³/mol. The third-order valence-corrected chi connectivity index (χ3v) is 7.00. The number of aryl methyl sites for hydroxylation is 1. The summed E-state index contributed by atoms with van der Waals surface area (Å²) in [5.41, 5.74) is 1.51. The largest absolute Gasteiger partial charge is 0.478 e. The summed E-state index contributed by atoms with van der Waals surface area (Å²) in [6.07, 6.45) is 0. The van der Waals surface area contributed by atoms with Gasteiger partial charge in [0.2, 0.25) is 5.91 Å². The zero-order valence-corrected chi connectivity index (χ0v) is 20.6. The van der Waals surface area contributed by atoms with Crippen molar-refractivity contribution in [2.24, 2.45) is 5.92 Å². The molecule has 1 amide bonds. The fourth-order valence-corrected chi connectivity index (χ4v) is 4.74. The summed E-state index contributed by atoms with van der Waals surface area (Å²) in [6, 6.07) is 11.0. The molecule has 3 rings (SSSR count). The molecule has 3 N–H and O–H groups in total. The van der Waals surface area contributed by atoms with Crippen molar-refractivity contribution in [2.75, 3.05) is 48.9 Å². The van der Waals surface area contributed by atoms with E-state index in [1.165, 1.54) is 24.3 Å². The number of nitrogens with zero attached hydrogens (tertiary/aromatic N) is 2. The molecule has 10 heteroatoms. The van der Waals surface area contributed by atoms with E-state index in [-0.39, 0.29) is 22.1 Å². The number of sulfonamides is 1. The highest BCUT2D eigenvalue weighted by molar-refractivity contribution is 7.92. The van der Waals surface area contributed by atoms with Crippen LogP contribution in [-0.4, -0.2) is 69.6 Å². The van der Waals surface area contributed by atoms with Crippen molar-refractivity contribution in [3.8, 4) is 0 Å². The Balaban J connectivity index is 1.67. The van der Waals surface area contributed by atoms with Gasteiger partial charge in [0.15, 0.2) is 0 Å². The lowest BCUT2D eigenvalue weighted by atomic mass is 10.1. The number of benzene rings is 2. The van der Waals surface area contributed by atoms with Gasteiger partial charge in [0.25, 0.3) is 10.0 Å². The number of amides is 1. The first-order valence-corrected chi connectivity index (χ1v) is 12.7. The molecule has 34 heavy (non-hydrogen) atoms. The van der Waals surface area contributed by atoms with E-state index in [0.29, 0.717) is 50.9 Å². The minimum atomic E-state index is -3.92. The summed E-state index contributed by atoms with van der Waals surface area (Å²) in [4.78, 5) is 28.1. The Hall–Kier alpha value is -3.11. The van der Waals surface area contributed by atoms with Crippen LogP contribution in [0.4, 0.5) is 11.4 Å². The van der Waals surface area contributed by atoms with Crippen LogP contribution in [0.1, 0.15) is 29.8 Å². The number of carbonyl (C=O) groups is 2. The maximum atomic E-state index is 12.7. The van der Waals surface area contributed by atoms with Crippen LogP contribution < -0.4 is 14.9 Å². The summed E-state index contributed by atoms with van der Waals surface area (Å²) >= 11 is 0. The zero-order chi connectivity index (χ0) is 24.9. The first-order chi connectivity index (χ1) is 16.0. The second-order valence-electron chi connectivity index (χ2n) is 8.91. The van der Waals surface area contributed by atoms with Crippen LogP contribution in [0.5, 0.6) is 0 Å². The monoisotopic (exact) mass is 488 g/mol. The van der Waals surface area contributed by atoms with Crippen LogP contribution >= 0.6 is 0 Å². The Bertz CT molecular complexity index is 1120. The van der Waals surface area contributed by atoms with E-state index in [2.05, 4.69) is 14.9 Å². The molecular weight excluding hydrogens is 456 g/mol. The summed E-state index contributed by atoms with van der Waals surface area (Å²) in [5, 5.41) is 12.6. The van der Waals surface area contributed by atoms with Gasteiger partial charge in [-0.3, -0.25) is 14.4 Å². The van der Waals surface area contributed by atoms with Crippen LogP contribution in [0.3, 0.4) is 0 Å². The van der Waals surface area contributed by atoms with Gasteiger partial charge in [0, 0.05) is 38.4 Å². The van der Waals surface area contributed by atoms with Gasteiger partial charge in [-0.05, 0) is 43.2 Å². The first-order valence-electron chi connectivity index (χ1n) is 11.3. The van der Waals surface area contributed by atoms with E-state index in [1.54, 1.807) is 18.2 Å². The van der Waals surface area contributed by atoms with Gasteiger partial charge in [-0.25, -0.2) is 13.2 Å². The zero-order valence-electron chi connectivity index (χ0n) is 19.7. The van der Waals surface area contributed by atoms with Gasteiger partial charge in [0.1, 0.15) is 0 Å². The van der Waals surface area contributed by atoms with E-state index in [1.807, 2.05) is 25.7 Å². The Morgan fingerprint density at radius 1 is 1.03 bits per heavy atom. The molecule has 1 saturated heterocycles. The quantitative estimate of drug-likeness (QED) is 0.496. The molecule has 0 atom stereocenters. The molecule has 2 aromatic carbocycles. The second kappa shape index (κ2) is 10.9. The van der Waals surface area contributed by atoms with E-state index in [0.717, 1.165) is 5.56 Å². The van der Waals surface area contributed by atoms with Crippen molar-refractivity contribution in [1.82, 2.24) is 10.2 Å². The number of piperazine rings is 1. The number of carboxylic acids is 1. The lowest BCUT2D eigenvalue weighted by molar-refractivity contribution is -0.122. The standard InChI is InChI=1S/C24H32N4O5S/c1-17(2)15-25-23(29)16-27-10-12-28(13-11-27)19-6-9-22(21(14-19)24(30)31)26-34(32,33)20-7-4-18(3)5-8-20/h4-9,14,17,26H,10-13,15-16H2,1-3H3,(H,25,29)(H,30,31). The van der Waals surface area contributed by atoms with Crippen molar-refractivity contribution in [3.63, 3.8) is 0 Å². The highest BCUT2D eigenvalue weighted by Crippen LogP contribution is 2.27. The van der Waals surface area contributed by atoms with E-state index >= 15 is 0 Å². The molecule has 1 aliphatic rings. The molecule has 0 aliphatic carbocycles. The van der Waals surface area contributed by atoms with Crippen molar-refractivity contribution in [1.29, 1.82) is 0 Å². The normalized spacial score (nSPS) is 14.8. The molecule has 1 fully saturated rings. The molecule has 2 aromatic rings. The van der Waals surface area contributed by atoms with E-state index in [9.17, 15) is 23.1 Å². The highest BCUT2D eigenvalue weighted by atomic mass is 32.2. The Morgan fingerprint density at radius 2 is 1.68 bits per heavy atom. The summed E-state index contributed by atoms with van der Waals surface area (Å²) < 4.78 is 27.9. The lowest BCUT2D eigenvalue weighted by Gasteiger charge is -2.36. The smallest absolute Gasteiger partial charge is 0.337 e. The highest BCUT2D eigenvalue weighted by Gasteiger charge is 2.23. The van der Waals surface area contributed by atoms with Crippen molar-refractivity contribution < 1.29 is 23.1 Å². The van der Waals surface area contributed by atoms with Gasteiger partial charge in [0.05, 0.1) is 22.7 Å². The molecule has 0 aromatic heterocycles. The molecule has 1 heterocycles. The molecule has 0 saturated carbocycles. The second-order valence-corrected chi connectivity index (χ2v) is 10.6. The minimum absolute atomic E-state index is 0.000488. The number of rotatable bonds is 9. The topological polar surface area (TPSA) is 119 Å². The Morgan fingerprint density at radius 3 is 2.26 bits per heavy atom. The van der Waals surface area contributed by atoms with Gasteiger partial charge in [-0.1, -0.05) is 31.5 Å². The van der Waals surface area contributed by atoms with Crippen LogP contribution in [-0.2, 0) is 14.8 Å². The maximum absolute atomic E-state index is 12.7. The average molecular weight is 489 g/mol. The molecule has 0 spiro atoms. The van der Waals surface area contributed by atoms with Crippen molar-refractivity contribution in [2.45, 2.75) is 25.7 Å². The predicted octanol–water partition coefficient (Wildman–Crippen LogP) is 2.39. The van der Waals surface area contributed by atoms with Gasteiger partial charge in [-0.2, -0.15) is 0 Å². The number of aromatic carboxylic acids is 1. The van der Waals surface area contributed by atoms with Gasteiger partial charge in [-0.15, -0.1) is 0 Å². The van der Waals surface area contributed by atoms with Crippen LogP contribution in [0.15, 0.2) is 47.4 Å². The number of carbonyl (C=O) groups excluding carboxylic acids is 1. The van der Waals surface area contributed by atoms with Crippen molar-refractivity contribution in [3.05, 3.63) is 53.6 Å². The number of carboxylic acid groups (broad SMARTS) is 1. The number of hydrogen-bond acceptors (Lipinski definition) is 6. The van der Waals surface area contributed by atoms with Gasteiger partial charge < -0.3 is 15.3 Å². The summed E-state index contributed by atoms with van der Waals surface area (Å²) in [7, 11) is -3.92. The third-order valence-electron chi connectivity index (χ3n) is 5.62. The maximum Gasteiger partial charge on any atom is 0.337 e. The van der Waals surface area contributed by atoms with Crippen LogP contribution in [0, 0.1) is 12.8 Å². The molecule has 9 nitrogen and oxygen atoms in total. The minimum Gasteiger partial charge on any atom is -0.478 e. The molecule has 0 bridgehead atoms. The van der Waals surface area contributed by atoms with E-state index < -0.39 is 16.0 Å². The molecule has 184 valence electrons. The third kappa shape index (κ3) is 6.71. The van der Waals surface area contributed by atoms with E-state index in [4.69, 9.17) is 0 Å². The molecule has 1 aliphatic heterocycles. The summed E-state index contributed by atoms with van der Waals surface area (Å²) in [5.74, 6) is -0.821. The van der Waals surface area contributed by atoms with Crippen molar-refractivity contribution >= 4 is 33.3 Å². The summed E-state index contributed by atoms with van der Waals surface area (Å²) in [6.45, 7) is 9.52. The Labute approximate surface area is 200 Å². The first kappa shape index (κ1) is 25.5. The van der Waals surface area contributed by atoms with Gasteiger partial charge >= 0.3 is 5.97 Å². The molecular formula is C24H32N4O5S. The van der Waals surface area contributed by atoms with Crippen LogP contribution in [0.25, 0.3) is 0 Å². The number of nitrogens with one attached hydrogen (secondary N) is 2. The molecule has 0 radical (unpaired) electrons. The Kier molecular flexibility index (Phi) is 8.16. The average Bonchev–Trinajstić information content (AvgIpc) is 2.78. The lowest BCUT2D eigenvalue weighted by Crippen LogP contribution is -2.49. The number of hydrogen-bond donors (Lipinski definition) is 3.